The summed E-state index contributed by atoms with van der Waals surface area (Å²) in [6.45, 7) is 9.37. The van der Waals surface area contributed by atoms with E-state index in [0.717, 1.165) is 25.2 Å². The summed E-state index contributed by atoms with van der Waals surface area (Å²) in [6.07, 6.45) is 0. The van der Waals surface area contributed by atoms with Crippen molar-refractivity contribution < 1.29 is 9.18 Å². The molecule has 0 aliphatic carbocycles. The fourth-order valence-electron chi connectivity index (χ4n) is 2.83. The molecule has 0 spiro atoms. The zero-order chi connectivity index (χ0) is 16.1. The van der Waals surface area contributed by atoms with E-state index < -0.39 is 0 Å². The van der Waals surface area contributed by atoms with Gasteiger partial charge in [-0.15, -0.1) is 12.4 Å². The molecule has 4 nitrogen and oxygen atoms in total. The molecule has 1 aromatic carbocycles. The van der Waals surface area contributed by atoms with Crippen molar-refractivity contribution in [2.75, 3.05) is 26.2 Å². The van der Waals surface area contributed by atoms with Gasteiger partial charge in [0.15, 0.2) is 0 Å². The van der Waals surface area contributed by atoms with Gasteiger partial charge in [0.1, 0.15) is 5.82 Å². The largest absolute Gasteiger partial charge is 0.348 e. The van der Waals surface area contributed by atoms with Crippen molar-refractivity contribution in [3.8, 4) is 0 Å². The maximum Gasteiger partial charge on any atom is 0.234 e. The van der Waals surface area contributed by atoms with Crippen LogP contribution in [0.25, 0.3) is 0 Å². The molecule has 1 unspecified atom stereocenters. The van der Waals surface area contributed by atoms with E-state index in [9.17, 15) is 9.18 Å². The monoisotopic (exact) mass is 343 g/mol. The Kier molecular flexibility index (Phi) is 7.95. The highest BCUT2D eigenvalue weighted by Gasteiger charge is 2.23. The molecule has 23 heavy (non-hydrogen) atoms. The Bertz CT molecular complexity index is 495. The zero-order valence-electron chi connectivity index (χ0n) is 14.0. The Morgan fingerprint density at radius 2 is 2.04 bits per heavy atom. The smallest absolute Gasteiger partial charge is 0.234 e. The third-order valence-electron chi connectivity index (χ3n) is 4.20. The van der Waals surface area contributed by atoms with Crippen LogP contribution >= 0.6 is 12.4 Å². The Morgan fingerprint density at radius 3 is 2.61 bits per heavy atom. The van der Waals surface area contributed by atoms with E-state index in [1.807, 2.05) is 0 Å². The van der Waals surface area contributed by atoms with Crippen LogP contribution in [0.5, 0.6) is 0 Å². The number of nitrogens with one attached hydrogen (secondary N) is 2. The minimum atomic E-state index is -0.257. The number of rotatable bonds is 5. The summed E-state index contributed by atoms with van der Waals surface area (Å²) in [4.78, 5) is 14.6. The Labute approximate surface area is 144 Å². The summed E-state index contributed by atoms with van der Waals surface area (Å²) in [5, 5.41) is 6.42. The minimum absolute atomic E-state index is 0. The summed E-state index contributed by atoms with van der Waals surface area (Å²) >= 11 is 0. The predicted octanol–water partition coefficient (Wildman–Crippen LogP) is 2.35. The van der Waals surface area contributed by atoms with Gasteiger partial charge in [0, 0.05) is 25.7 Å². The third-order valence-corrected chi connectivity index (χ3v) is 4.20. The van der Waals surface area contributed by atoms with Crippen LogP contribution in [0, 0.1) is 11.7 Å². The summed E-state index contributed by atoms with van der Waals surface area (Å²) in [5.74, 6) is 0.0128. The molecule has 1 heterocycles. The topological polar surface area (TPSA) is 44.4 Å². The van der Waals surface area contributed by atoms with Gasteiger partial charge in [-0.25, -0.2) is 4.39 Å². The molecule has 1 aliphatic rings. The maximum atomic E-state index is 13.1. The fraction of sp³-hybridized carbons (Fsp3) is 0.588. The van der Waals surface area contributed by atoms with Gasteiger partial charge in [-0.3, -0.25) is 9.69 Å². The number of hydrogen-bond acceptors (Lipinski definition) is 3. The maximum absolute atomic E-state index is 13.1. The molecule has 0 aromatic heterocycles. The molecule has 0 bridgehead atoms. The van der Waals surface area contributed by atoms with Gasteiger partial charge in [-0.05, 0) is 30.5 Å². The van der Waals surface area contributed by atoms with Gasteiger partial charge < -0.3 is 10.6 Å². The fourth-order valence-corrected chi connectivity index (χ4v) is 2.83. The highest BCUT2D eigenvalue weighted by Crippen LogP contribution is 2.22. The molecule has 2 atom stereocenters. The van der Waals surface area contributed by atoms with E-state index in [1.54, 1.807) is 12.1 Å². The van der Waals surface area contributed by atoms with Gasteiger partial charge in [0.25, 0.3) is 0 Å². The average Bonchev–Trinajstić information content (AvgIpc) is 2.48. The lowest BCUT2D eigenvalue weighted by molar-refractivity contribution is -0.124. The molecule has 6 heteroatoms. The van der Waals surface area contributed by atoms with Crippen molar-refractivity contribution in [2.24, 2.45) is 5.92 Å². The number of piperazine rings is 1. The van der Waals surface area contributed by atoms with Crippen LogP contribution in [-0.2, 0) is 4.79 Å². The molecule has 1 saturated heterocycles. The van der Waals surface area contributed by atoms with Crippen LogP contribution in [0.15, 0.2) is 24.3 Å². The number of carbonyl (C=O) groups is 1. The first-order valence-electron chi connectivity index (χ1n) is 7.97. The summed E-state index contributed by atoms with van der Waals surface area (Å²) < 4.78 is 13.1. The van der Waals surface area contributed by atoms with Crippen molar-refractivity contribution in [1.29, 1.82) is 0 Å². The van der Waals surface area contributed by atoms with E-state index in [4.69, 9.17) is 0 Å². The number of carbonyl (C=O) groups excluding carboxylic acids is 1. The predicted molar refractivity (Wildman–Crippen MR) is 93.3 cm³/mol. The summed E-state index contributed by atoms with van der Waals surface area (Å²) in [6, 6.07) is 6.64. The minimum Gasteiger partial charge on any atom is -0.348 e. The second kappa shape index (κ2) is 9.21. The van der Waals surface area contributed by atoms with Crippen molar-refractivity contribution in [3.63, 3.8) is 0 Å². The molecule has 1 aliphatic heterocycles. The van der Waals surface area contributed by atoms with Crippen LogP contribution < -0.4 is 10.6 Å². The Morgan fingerprint density at radius 1 is 1.39 bits per heavy atom. The molecular formula is C17H27ClFN3O. The SMILES string of the molecule is CC(C)C(NC(=O)CN1CCNC[C@@H]1C)c1ccc(F)cc1.Cl. The highest BCUT2D eigenvalue weighted by atomic mass is 35.5. The van der Waals surface area contributed by atoms with Crippen molar-refractivity contribution in [1.82, 2.24) is 15.5 Å². The molecule has 0 saturated carbocycles. The lowest BCUT2D eigenvalue weighted by Crippen LogP contribution is -2.53. The van der Waals surface area contributed by atoms with Gasteiger partial charge in [-0.2, -0.15) is 0 Å². The first-order valence-corrected chi connectivity index (χ1v) is 7.97. The number of amides is 1. The van der Waals surface area contributed by atoms with Crippen LogP contribution in [-0.4, -0.2) is 43.0 Å². The second-order valence-corrected chi connectivity index (χ2v) is 6.36. The van der Waals surface area contributed by atoms with Gasteiger partial charge in [-0.1, -0.05) is 26.0 Å². The normalized spacial score (nSPS) is 20.0. The van der Waals surface area contributed by atoms with Gasteiger partial charge in [0.05, 0.1) is 12.6 Å². The number of halogens is 2. The number of nitrogens with zero attached hydrogens (tertiary/aromatic N) is 1. The molecule has 2 rings (SSSR count). The molecule has 1 aromatic rings. The number of hydrogen-bond donors (Lipinski definition) is 2. The standard InChI is InChI=1S/C17H26FN3O.ClH/c1-12(2)17(14-4-6-15(18)7-5-14)20-16(22)11-21-9-8-19-10-13(21)3;/h4-7,12-13,17,19H,8-11H2,1-3H3,(H,20,22);1H/t13-,17?;/m0./s1. The first-order chi connectivity index (χ1) is 10.5. The molecule has 1 amide bonds. The molecule has 2 N–H and O–H groups in total. The van der Waals surface area contributed by atoms with Gasteiger partial charge in [0.2, 0.25) is 5.91 Å². The molecule has 0 radical (unpaired) electrons. The second-order valence-electron chi connectivity index (χ2n) is 6.36. The molecular weight excluding hydrogens is 317 g/mol. The Balaban J connectivity index is 0.00000264. The highest BCUT2D eigenvalue weighted by molar-refractivity contribution is 5.85. The van der Waals surface area contributed by atoms with Crippen LogP contribution in [0.2, 0.25) is 0 Å². The van der Waals surface area contributed by atoms with E-state index in [1.165, 1.54) is 12.1 Å². The van der Waals surface area contributed by atoms with Crippen LogP contribution in [0.3, 0.4) is 0 Å². The molecule has 130 valence electrons. The zero-order valence-corrected chi connectivity index (χ0v) is 14.8. The lowest BCUT2D eigenvalue weighted by atomic mass is 9.96. The first kappa shape index (κ1) is 19.9. The Hall–Kier alpha value is -1.17. The van der Waals surface area contributed by atoms with E-state index in [2.05, 4.69) is 36.3 Å². The van der Waals surface area contributed by atoms with Crippen molar-refractivity contribution >= 4 is 18.3 Å². The quantitative estimate of drug-likeness (QED) is 0.862. The van der Waals surface area contributed by atoms with Crippen molar-refractivity contribution in [2.45, 2.75) is 32.9 Å². The van der Waals surface area contributed by atoms with Crippen molar-refractivity contribution in [3.05, 3.63) is 35.6 Å². The third kappa shape index (κ3) is 5.75. The summed E-state index contributed by atoms with van der Waals surface area (Å²) in [7, 11) is 0. The number of benzene rings is 1. The van der Waals surface area contributed by atoms with Gasteiger partial charge >= 0.3 is 0 Å². The van der Waals surface area contributed by atoms with E-state index in [-0.39, 0.29) is 36.1 Å². The summed E-state index contributed by atoms with van der Waals surface area (Å²) in [5.41, 5.74) is 0.943. The average molecular weight is 344 g/mol. The lowest BCUT2D eigenvalue weighted by Gasteiger charge is -2.34. The van der Waals surface area contributed by atoms with E-state index in [0.29, 0.717) is 12.6 Å². The van der Waals surface area contributed by atoms with Crippen LogP contribution in [0.1, 0.15) is 32.4 Å². The van der Waals surface area contributed by atoms with E-state index >= 15 is 0 Å². The van der Waals surface area contributed by atoms with Crippen LogP contribution in [0.4, 0.5) is 4.39 Å². The molecule has 1 fully saturated rings.